The zero-order valence-electron chi connectivity index (χ0n) is 13.9. The number of hydrogen-bond donors (Lipinski definition) is 0. The highest BCUT2D eigenvalue weighted by atomic mass is 35.5. The highest BCUT2D eigenvalue weighted by molar-refractivity contribution is 6.42. The van der Waals surface area contributed by atoms with Crippen LogP contribution in [0.5, 0.6) is 0 Å². The topological polar surface area (TPSA) is 39.1 Å². The van der Waals surface area contributed by atoms with Gasteiger partial charge in [0.15, 0.2) is 5.78 Å². The van der Waals surface area contributed by atoms with Crippen molar-refractivity contribution in [2.24, 2.45) is 7.05 Å². The van der Waals surface area contributed by atoms with E-state index in [1.807, 2.05) is 23.7 Å². The number of nitrogens with zero attached hydrogens (tertiary/aromatic N) is 1. The van der Waals surface area contributed by atoms with E-state index in [1.54, 1.807) is 24.3 Å². The standard InChI is InChI=1S/C20H14Cl3NO2/c1-24-16-5-3-12(21)9-13(16)20(26)19-17(24)7-11(8-18(19)25)10-2-4-14(22)15(23)6-10/h2-6,9,11H,7-8H2,1H3. The highest BCUT2D eigenvalue weighted by Gasteiger charge is 2.31. The molecule has 1 heterocycles. The molecule has 0 amide bonds. The Morgan fingerprint density at radius 1 is 0.962 bits per heavy atom. The van der Waals surface area contributed by atoms with Gasteiger partial charge in [0, 0.05) is 29.6 Å². The number of Topliss-reactive ketones (excluding diaryl/α,β-unsaturated/α-hetero) is 1. The molecule has 2 aromatic carbocycles. The molecule has 1 aliphatic rings. The number of hydrogen-bond acceptors (Lipinski definition) is 2. The molecule has 1 aromatic heterocycles. The van der Waals surface area contributed by atoms with Crippen LogP contribution in [0.4, 0.5) is 0 Å². The van der Waals surface area contributed by atoms with E-state index in [-0.39, 0.29) is 29.1 Å². The van der Waals surface area contributed by atoms with Gasteiger partial charge in [0.25, 0.3) is 0 Å². The van der Waals surface area contributed by atoms with E-state index in [1.165, 1.54) is 0 Å². The second-order valence-electron chi connectivity index (χ2n) is 6.57. The van der Waals surface area contributed by atoms with Gasteiger partial charge in [-0.1, -0.05) is 40.9 Å². The molecule has 1 unspecified atom stereocenters. The zero-order valence-corrected chi connectivity index (χ0v) is 16.1. The van der Waals surface area contributed by atoms with E-state index in [4.69, 9.17) is 34.8 Å². The maximum Gasteiger partial charge on any atom is 0.200 e. The number of ketones is 1. The fraction of sp³-hybridized carbons (Fsp3) is 0.200. The molecule has 0 saturated carbocycles. The van der Waals surface area contributed by atoms with Gasteiger partial charge in [0.1, 0.15) is 0 Å². The Morgan fingerprint density at radius 3 is 2.46 bits per heavy atom. The van der Waals surface area contributed by atoms with Gasteiger partial charge in [-0.3, -0.25) is 9.59 Å². The first kappa shape index (κ1) is 17.6. The number of aryl methyl sites for hydroxylation is 1. The minimum Gasteiger partial charge on any atom is -0.347 e. The quantitative estimate of drug-likeness (QED) is 0.542. The van der Waals surface area contributed by atoms with E-state index >= 15 is 0 Å². The summed E-state index contributed by atoms with van der Waals surface area (Å²) in [6, 6.07) is 10.6. The fourth-order valence-electron chi connectivity index (χ4n) is 3.72. The Bertz CT molecular complexity index is 1130. The minimum atomic E-state index is -0.242. The number of carbonyl (C=O) groups is 1. The van der Waals surface area contributed by atoms with Gasteiger partial charge in [-0.15, -0.1) is 0 Å². The van der Waals surface area contributed by atoms with Crippen LogP contribution in [0.15, 0.2) is 41.2 Å². The maximum absolute atomic E-state index is 12.9. The number of benzene rings is 2. The average molecular weight is 407 g/mol. The Hall–Kier alpha value is -1.81. The van der Waals surface area contributed by atoms with E-state index in [9.17, 15) is 9.59 Å². The first-order chi connectivity index (χ1) is 12.4. The molecule has 0 aliphatic heterocycles. The second kappa shape index (κ2) is 6.41. The molecule has 0 fully saturated rings. The lowest BCUT2D eigenvalue weighted by molar-refractivity contribution is 0.0961. The Labute approximate surface area is 165 Å². The van der Waals surface area contributed by atoms with Crippen LogP contribution in [-0.2, 0) is 13.5 Å². The van der Waals surface area contributed by atoms with Gasteiger partial charge in [0.05, 0.1) is 21.1 Å². The second-order valence-corrected chi connectivity index (χ2v) is 7.82. The maximum atomic E-state index is 12.9. The van der Waals surface area contributed by atoms with Gasteiger partial charge in [-0.25, -0.2) is 0 Å². The van der Waals surface area contributed by atoms with Crippen molar-refractivity contribution in [3.05, 3.63) is 78.5 Å². The average Bonchev–Trinajstić information content (AvgIpc) is 2.61. The van der Waals surface area contributed by atoms with Crippen LogP contribution in [0.1, 0.15) is 34.0 Å². The molecule has 0 saturated heterocycles. The lowest BCUT2D eigenvalue weighted by Gasteiger charge is -2.27. The van der Waals surface area contributed by atoms with Crippen molar-refractivity contribution in [1.82, 2.24) is 4.57 Å². The summed E-state index contributed by atoms with van der Waals surface area (Å²) in [4.78, 5) is 25.7. The molecule has 3 aromatic rings. The smallest absolute Gasteiger partial charge is 0.200 e. The van der Waals surface area contributed by atoms with E-state index in [0.29, 0.717) is 26.9 Å². The van der Waals surface area contributed by atoms with Crippen LogP contribution in [-0.4, -0.2) is 10.4 Å². The lowest BCUT2D eigenvalue weighted by Crippen LogP contribution is -2.30. The summed E-state index contributed by atoms with van der Waals surface area (Å²) < 4.78 is 1.92. The van der Waals surface area contributed by atoms with Gasteiger partial charge in [0.2, 0.25) is 5.43 Å². The molecular formula is C20H14Cl3NO2. The van der Waals surface area contributed by atoms with Crippen LogP contribution < -0.4 is 5.43 Å². The van der Waals surface area contributed by atoms with Gasteiger partial charge in [-0.2, -0.15) is 0 Å². The molecule has 26 heavy (non-hydrogen) atoms. The third kappa shape index (κ3) is 2.75. The molecule has 4 rings (SSSR count). The van der Waals surface area contributed by atoms with Crippen LogP contribution in [0, 0.1) is 0 Å². The molecular weight excluding hydrogens is 393 g/mol. The number of carbonyl (C=O) groups excluding carboxylic acids is 1. The Morgan fingerprint density at radius 2 is 1.73 bits per heavy atom. The third-order valence-electron chi connectivity index (χ3n) is 5.05. The predicted molar refractivity (Wildman–Crippen MR) is 106 cm³/mol. The number of halogens is 3. The molecule has 1 atom stereocenters. The zero-order chi connectivity index (χ0) is 18.6. The summed E-state index contributed by atoms with van der Waals surface area (Å²) in [5.41, 5.74) is 2.49. The Kier molecular flexibility index (Phi) is 4.34. The van der Waals surface area contributed by atoms with Gasteiger partial charge < -0.3 is 4.57 Å². The predicted octanol–water partition coefficient (Wildman–Crippen LogP) is 5.41. The summed E-state index contributed by atoms with van der Waals surface area (Å²) in [7, 11) is 1.87. The van der Waals surface area contributed by atoms with Crippen molar-refractivity contribution in [3.63, 3.8) is 0 Å². The first-order valence-electron chi connectivity index (χ1n) is 8.16. The summed E-state index contributed by atoms with van der Waals surface area (Å²) >= 11 is 18.2. The van der Waals surface area contributed by atoms with Crippen molar-refractivity contribution >= 4 is 51.5 Å². The monoisotopic (exact) mass is 405 g/mol. The van der Waals surface area contributed by atoms with Crippen molar-refractivity contribution in [2.75, 3.05) is 0 Å². The van der Waals surface area contributed by atoms with Gasteiger partial charge >= 0.3 is 0 Å². The normalized spacial score (nSPS) is 16.8. The molecule has 0 radical (unpaired) electrons. The van der Waals surface area contributed by atoms with Crippen LogP contribution in [0.2, 0.25) is 15.1 Å². The summed E-state index contributed by atoms with van der Waals surface area (Å²) in [6.07, 6.45) is 0.857. The summed E-state index contributed by atoms with van der Waals surface area (Å²) in [5.74, 6) is -0.190. The third-order valence-corrected chi connectivity index (χ3v) is 6.02. The first-order valence-corrected chi connectivity index (χ1v) is 9.29. The van der Waals surface area contributed by atoms with Crippen LogP contribution in [0.25, 0.3) is 10.9 Å². The van der Waals surface area contributed by atoms with Crippen LogP contribution in [0.3, 0.4) is 0 Å². The number of pyridine rings is 1. The summed E-state index contributed by atoms with van der Waals surface area (Å²) in [6.45, 7) is 0. The van der Waals surface area contributed by atoms with Crippen molar-refractivity contribution in [2.45, 2.75) is 18.8 Å². The van der Waals surface area contributed by atoms with Crippen molar-refractivity contribution in [3.8, 4) is 0 Å². The number of fused-ring (bicyclic) bond motifs is 2. The fourth-order valence-corrected chi connectivity index (χ4v) is 4.20. The minimum absolute atomic E-state index is 0.0416. The molecule has 6 heteroatoms. The molecule has 132 valence electrons. The number of aromatic nitrogens is 1. The van der Waals surface area contributed by atoms with Gasteiger partial charge in [-0.05, 0) is 48.2 Å². The van der Waals surface area contributed by atoms with E-state index in [0.717, 1.165) is 16.8 Å². The van der Waals surface area contributed by atoms with Crippen LogP contribution >= 0.6 is 34.8 Å². The SMILES string of the molecule is Cn1c2c(c(=O)c3cc(Cl)ccc31)C(=O)CC(c1ccc(Cl)c(Cl)c1)C2. The van der Waals surface area contributed by atoms with Crippen molar-refractivity contribution < 1.29 is 4.79 Å². The molecule has 0 spiro atoms. The lowest BCUT2D eigenvalue weighted by atomic mass is 9.81. The summed E-state index contributed by atoms with van der Waals surface area (Å²) in [5, 5.41) is 1.89. The van der Waals surface area contributed by atoms with Crippen molar-refractivity contribution in [1.29, 1.82) is 0 Å². The molecule has 1 aliphatic carbocycles. The molecule has 0 bridgehead atoms. The molecule has 3 nitrogen and oxygen atoms in total. The largest absolute Gasteiger partial charge is 0.347 e. The Balaban J connectivity index is 1.90. The highest BCUT2D eigenvalue weighted by Crippen LogP contribution is 2.35. The van der Waals surface area contributed by atoms with E-state index < -0.39 is 0 Å². The van der Waals surface area contributed by atoms with E-state index in [2.05, 4.69) is 0 Å². The number of rotatable bonds is 1. The molecule has 0 N–H and O–H groups in total.